The molecule has 0 saturated carbocycles. The standard InChI is InChI=1S/C11H8ClF3O2/c12-8-5-4-7(2-1-3-10(16)17)9(6-8)11(13,14)15/h1,3-6H,2H2,(H,16,17)/b3-1+. The summed E-state index contributed by atoms with van der Waals surface area (Å²) >= 11 is 5.50. The predicted molar refractivity (Wildman–Crippen MR) is 56.9 cm³/mol. The Morgan fingerprint density at radius 1 is 1.41 bits per heavy atom. The number of halogens is 4. The lowest BCUT2D eigenvalue weighted by Crippen LogP contribution is -2.08. The molecule has 0 atom stereocenters. The van der Waals surface area contributed by atoms with Crippen LogP contribution < -0.4 is 0 Å². The molecule has 17 heavy (non-hydrogen) atoms. The first-order valence-corrected chi connectivity index (χ1v) is 4.93. The van der Waals surface area contributed by atoms with Crippen LogP contribution in [0.4, 0.5) is 13.2 Å². The van der Waals surface area contributed by atoms with Crippen molar-refractivity contribution in [2.75, 3.05) is 0 Å². The third kappa shape index (κ3) is 4.11. The zero-order valence-corrected chi connectivity index (χ0v) is 9.22. The van der Waals surface area contributed by atoms with Crippen molar-refractivity contribution >= 4 is 17.6 Å². The fraction of sp³-hybridized carbons (Fsp3) is 0.182. The lowest BCUT2D eigenvalue weighted by Gasteiger charge is -2.11. The van der Waals surface area contributed by atoms with Crippen LogP contribution in [0, 0.1) is 0 Å². The molecule has 0 heterocycles. The SMILES string of the molecule is O=C(O)/C=C/Cc1ccc(Cl)cc1C(F)(F)F. The van der Waals surface area contributed by atoms with Gasteiger partial charge in [-0.1, -0.05) is 23.7 Å². The van der Waals surface area contributed by atoms with Crippen LogP contribution in [0.2, 0.25) is 5.02 Å². The van der Waals surface area contributed by atoms with E-state index in [0.717, 1.165) is 18.2 Å². The highest BCUT2D eigenvalue weighted by molar-refractivity contribution is 6.30. The lowest BCUT2D eigenvalue weighted by molar-refractivity contribution is -0.138. The number of benzene rings is 1. The second kappa shape index (κ2) is 5.23. The summed E-state index contributed by atoms with van der Waals surface area (Å²) in [5, 5.41) is 8.32. The van der Waals surface area contributed by atoms with Crippen LogP contribution in [0.1, 0.15) is 11.1 Å². The van der Waals surface area contributed by atoms with Gasteiger partial charge in [-0.25, -0.2) is 4.79 Å². The largest absolute Gasteiger partial charge is 0.478 e. The topological polar surface area (TPSA) is 37.3 Å². The third-order valence-corrected chi connectivity index (χ3v) is 2.21. The predicted octanol–water partition coefficient (Wildman–Crippen LogP) is 3.54. The zero-order valence-electron chi connectivity index (χ0n) is 8.46. The molecule has 1 N–H and O–H groups in total. The number of carbonyl (C=O) groups is 1. The van der Waals surface area contributed by atoms with Crippen LogP contribution in [-0.4, -0.2) is 11.1 Å². The molecule has 92 valence electrons. The van der Waals surface area contributed by atoms with Gasteiger partial charge in [0.05, 0.1) is 5.56 Å². The number of allylic oxidation sites excluding steroid dienone is 1. The van der Waals surface area contributed by atoms with E-state index in [4.69, 9.17) is 16.7 Å². The van der Waals surface area contributed by atoms with Crippen molar-refractivity contribution in [2.45, 2.75) is 12.6 Å². The Balaban J connectivity index is 3.03. The summed E-state index contributed by atoms with van der Waals surface area (Å²) in [4.78, 5) is 10.2. The molecule has 0 aromatic heterocycles. The Morgan fingerprint density at radius 3 is 2.59 bits per heavy atom. The average Bonchev–Trinajstić information content (AvgIpc) is 2.18. The van der Waals surface area contributed by atoms with Crippen molar-refractivity contribution in [3.8, 4) is 0 Å². The van der Waals surface area contributed by atoms with Crippen LogP contribution in [0.25, 0.3) is 0 Å². The van der Waals surface area contributed by atoms with Crippen LogP contribution in [-0.2, 0) is 17.4 Å². The first kappa shape index (κ1) is 13.6. The summed E-state index contributed by atoms with van der Waals surface area (Å²) in [7, 11) is 0. The molecule has 0 spiro atoms. The van der Waals surface area contributed by atoms with Gasteiger partial charge >= 0.3 is 12.1 Å². The van der Waals surface area contributed by atoms with Crippen LogP contribution >= 0.6 is 11.6 Å². The summed E-state index contributed by atoms with van der Waals surface area (Å²) in [6.07, 6.45) is -2.66. The molecule has 0 bridgehead atoms. The van der Waals surface area contributed by atoms with Crippen molar-refractivity contribution in [3.63, 3.8) is 0 Å². The minimum atomic E-state index is -4.50. The van der Waals surface area contributed by atoms with Gasteiger partial charge in [-0.05, 0) is 24.1 Å². The molecule has 0 unspecified atom stereocenters. The number of carboxylic acids is 1. The average molecular weight is 265 g/mol. The van der Waals surface area contributed by atoms with Crippen molar-refractivity contribution in [1.29, 1.82) is 0 Å². The molecule has 1 rings (SSSR count). The van der Waals surface area contributed by atoms with Gasteiger partial charge in [0.15, 0.2) is 0 Å². The Morgan fingerprint density at radius 2 is 2.06 bits per heavy atom. The Kier molecular flexibility index (Phi) is 4.17. The molecule has 0 aliphatic heterocycles. The molecule has 0 aliphatic rings. The first-order chi connectivity index (χ1) is 7.80. The number of alkyl halides is 3. The minimum absolute atomic E-state index is 0.0108. The van der Waals surface area contributed by atoms with E-state index in [1.165, 1.54) is 12.1 Å². The van der Waals surface area contributed by atoms with Gasteiger partial charge in [0, 0.05) is 11.1 Å². The maximum absolute atomic E-state index is 12.6. The molecular weight excluding hydrogens is 257 g/mol. The maximum Gasteiger partial charge on any atom is 0.416 e. The van der Waals surface area contributed by atoms with Gasteiger partial charge in [0.2, 0.25) is 0 Å². The highest BCUT2D eigenvalue weighted by Gasteiger charge is 2.33. The number of hydrogen-bond acceptors (Lipinski definition) is 1. The smallest absolute Gasteiger partial charge is 0.416 e. The van der Waals surface area contributed by atoms with E-state index in [1.807, 2.05) is 0 Å². The third-order valence-electron chi connectivity index (χ3n) is 1.98. The number of rotatable bonds is 3. The minimum Gasteiger partial charge on any atom is -0.478 e. The molecule has 0 aliphatic carbocycles. The summed E-state index contributed by atoms with van der Waals surface area (Å²) in [6, 6.07) is 3.39. The van der Waals surface area contributed by atoms with Gasteiger partial charge in [-0.15, -0.1) is 0 Å². The fourth-order valence-electron chi connectivity index (χ4n) is 1.28. The molecule has 1 aromatic rings. The van der Waals surface area contributed by atoms with E-state index >= 15 is 0 Å². The highest BCUT2D eigenvalue weighted by Crippen LogP contribution is 2.34. The van der Waals surface area contributed by atoms with E-state index < -0.39 is 17.7 Å². The van der Waals surface area contributed by atoms with Crippen LogP contribution in [0.15, 0.2) is 30.4 Å². The second-order valence-electron chi connectivity index (χ2n) is 3.24. The van der Waals surface area contributed by atoms with Crippen molar-refractivity contribution < 1.29 is 23.1 Å². The number of aliphatic carboxylic acids is 1. The van der Waals surface area contributed by atoms with Gasteiger partial charge < -0.3 is 5.11 Å². The molecule has 0 amide bonds. The van der Waals surface area contributed by atoms with E-state index in [0.29, 0.717) is 0 Å². The van der Waals surface area contributed by atoms with Crippen molar-refractivity contribution in [1.82, 2.24) is 0 Å². The quantitative estimate of drug-likeness (QED) is 0.848. The maximum atomic E-state index is 12.6. The number of carboxylic acid groups (broad SMARTS) is 1. The molecule has 0 fully saturated rings. The van der Waals surface area contributed by atoms with E-state index in [9.17, 15) is 18.0 Å². The van der Waals surface area contributed by atoms with Crippen molar-refractivity contribution in [3.05, 3.63) is 46.5 Å². The normalized spacial score (nSPS) is 12.0. The summed E-state index contributed by atoms with van der Waals surface area (Å²) in [5.41, 5.74) is -0.862. The van der Waals surface area contributed by atoms with Gasteiger partial charge in [0.25, 0.3) is 0 Å². The van der Waals surface area contributed by atoms with Crippen LogP contribution in [0.5, 0.6) is 0 Å². The second-order valence-corrected chi connectivity index (χ2v) is 3.68. The van der Waals surface area contributed by atoms with Crippen molar-refractivity contribution in [2.24, 2.45) is 0 Å². The molecular formula is C11H8ClF3O2. The Hall–Kier alpha value is -1.49. The van der Waals surface area contributed by atoms with Gasteiger partial charge in [0.1, 0.15) is 0 Å². The van der Waals surface area contributed by atoms with E-state index in [1.54, 1.807) is 0 Å². The Labute approximate surface area is 100 Å². The number of hydrogen-bond donors (Lipinski definition) is 1. The highest BCUT2D eigenvalue weighted by atomic mass is 35.5. The zero-order chi connectivity index (χ0) is 13.1. The van der Waals surface area contributed by atoms with Gasteiger partial charge in [-0.2, -0.15) is 13.2 Å². The molecule has 0 radical (unpaired) electrons. The van der Waals surface area contributed by atoms with E-state index in [-0.39, 0.29) is 17.0 Å². The Bertz CT molecular complexity index is 453. The summed E-state index contributed by atoms with van der Waals surface area (Å²) < 4.78 is 37.8. The summed E-state index contributed by atoms with van der Waals surface area (Å²) in [5.74, 6) is -1.20. The monoisotopic (exact) mass is 264 g/mol. The van der Waals surface area contributed by atoms with Gasteiger partial charge in [-0.3, -0.25) is 0 Å². The lowest BCUT2D eigenvalue weighted by atomic mass is 10.0. The molecule has 2 nitrogen and oxygen atoms in total. The fourth-order valence-corrected chi connectivity index (χ4v) is 1.45. The van der Waals surface area contributed by atoms with E-state index in [2.05, 4.69) is 0 Å². The van der Waals surface area contributed by atoms with Crippen LogP contribution in [0.3, 0.4) is 0 Å². The molecule has 0 saturated heterocycles. The summed E-state index contributed by atoms with van der Waals surface area (Å²) in [6.45, 7) is 0. The first-order valence-electron chi connectivity index (χ1n) is 4.56. The molecule has 6 heteroatoms. The molecule has 1 aromatic carbocycles.